The average molecular weight is 282 g/mol. The van der Waals surface area contributed by atoms with E-state index in [1.807, 2.05) is 11.8 Å². The van der Waals surface area contributed by atoms with Crippen LogP contribution in [0.5, 0.6) is 0 Å². The van der Waals surface area contributed by atoms with Gasteiger partial charge in [0.05, 0.1) is 11.6 Å². The van der Waals surface area contributed by atoms with Crippen LogP contribution in [0.3, 0.4) is 0 Å². The Hall–Kier alpha value is -1.12. The molecule has 2 unspecified atom stereocenters. The van der Waals surface area contributed by atoms with Crippen LogP contribution in [0.25, 0.3) is 0 Å². The molecule has 1 aromatic carbocycles. The van der Waals surface area contributed by atoms with Crippen LogP contribution >= 0.6 is 11.8 Å². The van der Waals surface area contributed by atoms with E-state index in [2.05, 4.69) is 11.6 Å². The fourth-order valence-electron chi connectivity index (χ4n) is 2.42. The number of nitriles is 1. The number of halogens is 2. The molecule has 0 heterocycles. The van der Waals surface area contributed by atoms with Crippen molar-refractivity contribution in [2.24, 2.45) is 0 Å². The highest BCUT2D eigenvalue weighted by molar-refractivity contribution is 7.99. The molecule has 1 N–H and O–H groups in total. The summed E-state index contributed by atoms with van der Waals surface area (Å²) in [5, 5.41) is 12.5. The normalized spacial score (nSPS) is 22.4. The maximum Gasteiger partial charge on any atom is 0.131 e. The van der Waals surface area contributed by atoms with Gasteiger partial charge in [0.15, 0.2) is 0 Å². The Morgan fingerprint density at radius 1 is 1.37 bits per heavy atom. The predicted molar refractivity (Wildman–Crippen MR) is 72.9 cm³/mol. The highest BCUT2D eigenvalue weighted by Gasteiger charge is 2.24. The standard InChI is InChI=1S/C14H16F2N2S/c1-19-11-3-2-10(6-11)18-8-12-13(15)4-9(7-17)5-14(12)16/h4-5,10-11,18H,2-3,6,8H2,1H3. The minimum absolute atomic E-state index is 0.0158. The van der Waals surface area contributed by atoms with Gasteiger partial charge in [0.2, 0.25) is 0 Å². The average Bonchev–Trinajstić information content (AvgIpc) is 2.85. The summed E-state index contributed by atoms with van der Waals surface area (Å²) in [6.45, 7) is 0.176. The van der Waals surface area contributed by atoms with Crippen LogP contribution in [0.4, 0.5) is 8.78 Å². The lowest BCUT2D eigenvalue weighted by atomic mass is 10.1. The van der Waals surface area contributed by atoms with E-state index < -0.39 is 11.6 Å². The van der Waals surface area contributed by atoms with Gasteiger partial charge in [-0.1, -0.05) is 0 Å². The van der Waals surface area contributed by atoms with Gasteiger partial charge in [0.25, 0.3) is 0 Å². The van der Waals surface area contributed by atoms with Crippen LogP contribution in [-0.4, -0.2) is 17.5 Å². The molecule has 5 heteroatoms. The topological polar surface area (TPSA) is 35.8 Å². The Bertz CT molecular complexity index is 476. The van der Waals surface area contributed by atoms with E-state index in [9.17, 15) is 8.78 Å². The van der Waals surface area contributed by atoms with Crippen molar-refractivity contribution < 1.29 is 8.78 Å². The van der Waals surface area contributed by atoms with Gasteiger partial charge in [-0.3, -0.25) is 0 Å². The third-order valence-electron chi connectivity index (χ3n) is 3.56. The number of nitrogens with zero attached hydrogens (tertiary/aromatic N) is 1. The molecule has 1 saturated carbocycles. The van der Waals surface area contributed by atoms with E-state index in [-0.39, 0.29) is 17.7 Å². The SMILES string of the molecule is CSC1CCC(NCc2c(F)cc(C#N)cc2F)C1. The summed E-state index contributed by atoms with van der Waals surface area (Å²) in [6.07, 6.45) is 5.33. The van der Waals surface area contributed by atoms with Gasteiger partial charge in [-0.25, -0.2) is 8.78 Å². The van der Waals surface area contributed by atoms with Crippen LogP contribution in [-0.2, 0) is 6.54 Å². The number of nitrogens with one attached hydrogen (secondary N) is 1. The maximum absolute atomic E-state index is 13.7. The summed E-state index contributed by atoms with van der Waals surface area (Å²) in [5.74, 6) is -1.30. The van der Waals surface area contributed by atoms with Crippen LogP contribution in [0, 0.1) is 23.0 Å². The summed E-state index contributed by atoms with van der Waals surface area (Å²) in [7, 11) is 0. The molecule has 0 saturated heterocycles. The Morgan fingerprint density at radius 3 is 2.58 bits per heavy atom. The second-order valence-electron chi connectivity index (χ2n) is 4.78. The van der Waals surface area contributed by atoms with E-state index in [4.69, 9.17) is 5.26 Å². The number of hydrogen-bond donors (Lipinski definition) is 1. The van der Waals surface area contributed by atoms with Crippen LogP contribution in [0.15, 0.2) is 12.1 Å². The Balaban J connectivity index is 1.99. The minimum Gasteiger partial charge on any atom is -0.310 e. The second-order valence-corrected chi connectivity index (χ2v) is 5.92. The molecule has 102 valence electrons. The van der Waals surface area contributed by atoms with Crippen molar-refractivity contribution in [1.82, 2.24) is 5.32 Å². The molecule has 2 nitrogen and oxygen atoms in total. The molecule has 1 fully saturated rings. The summed E-state index contributed by atoms with van der Waals surface area (Å²) in [5.41, 5.74) is 0.0358. The van der Waals surface area contributed by atoms with E-state index in [0.29, 0.717) is 11.3 Å². The van der Waals surface area contributed by atoms with E-state index >= 15 is 0 Å². The van der Waals surface area contributed by atoms with Crippen LogP contribution in [0.2, 0.25) is 0 Å². The van der Waals surface area contributed by atoms with E-state index in [1.165, 1.54) is 0 Å². The van der Waals surface area contributed by atoms with Crippen molar-refractivity contribution in [2.75, 3.05) is 6.26 Å². The number of rotatable bonds is 4. The van der Waals surface area contributed by atoms with Crippen molar-refractivity contribution in [3.05, 3.63) is 34.9 Å². The molecular weight excluding hydrogens is 266 g/mol. The molecular formula is C14H16F2N2S. The molecule has 0 aliphatic heterocycles. The number of thioether (sulfide) groups is 1. The quantitative estimate of drug-likeness (QED) is 0.921. The smallest absolute Gasteiger partial charge is 0.131 e. The fourth-order valence-corrected chi connectivity index (χ4v) is 3.22. The molecule has 0 spiro atoms. The first kappa shape index (κ1) is 14.3. The van der Waals surface area contributed by atoms with E-state index in [0.717, 1.165) is 31.4 Å². The summed E-state index contributed by atoms with van der Waals surface area (Å²) in [4.78, 5) is 0. The molecule has 1 aliphatic rings. The molecule has 2 rings (SSSR count). The summed E-state index contributed by atoms with van der Waals surface area (Å²) < 4.78 is 27.4. The molecule has 19 heavy (non-hydrogen) atoms. The molecule has 0 bridgehead atoms. The maximum atomic E-state index is 13.7. The third-order valence-corrected chi connectivity index (χ3v) is 4.65. The van der Waals surface area contributed by atoms with Gasteiger partial charge in [0, 0.05) is 23.4 Å². The zero-order valence-corrected chi connectivity index (χ0v) is 11.6. The lowest BCUT2D eigenvalue weighted by Crippen LogP contribution is -2.27. The number of benzene rings is 1. The van der Waals surface area contributed by atoms with Gasteiger partial charge in [-0.2, -0.15) is 17.0 Å². The van der Waals surface area contributed by atoms with Crippen molar-refractivity contribution in [3.63, 3.8) is 0 Å². The van der Waals surface area contributed by atoms with Gasteiger partial charge in [0.1, 0.15) is 11.6 Å². The van der Waals surface area contributed by atoms with Crippen LogP contribution < -0.4 is 5.32 Å². The Labute approximate surface area is 116 Å². The van der Waals surface area contributed by atoms with Crippen molar-refractivity contribution in [3.8, 4) is 6.07 Å². The lowest BCUT2D eigenvalue weighted by Gasteiger charge is -2.13. The highest BCUT2D eigenvalue weighted by atomic mass is 32.2. The zero-order chi connectivity index (χ0) is 13.8. The highest BCUT2D eigenvalue weighted by Crippen LogP contribution is 2.28. The lowest BCUT2D eigenvalue weighted by molar-refractivity contribution is 0.487. The molecule has 0 amide bonds. The zero-order valence-electron chi connectivity index (χ0n) is 10.7. The minimum atomic E-state index is -0.650. The Morgan fingerprint density at radius 2 is 2.05 bits per heavy atom. The predicted octanol–water partition coefficient (Wildman–Crippen LogP) is 3.21. The van der Waals surface area contributed by atoms with Crippen molar-refractivity contribution in [1.29, 1.82) is 5.26 Å². The number of hydrogen-bond acceptors (Lipinski definition) is 3. The molecule has 0 aromatic heterocycles. The first-order valence-corrected chi connectivity index (χ1v) is 7.57. The molecule has 2 atom stereocenters. The Kier molecular flexibility index (Phi) is 4.78. The second kappa shape index (κ2) is 6.36. The van der Waals surface area contributed by atoms with Gasteiger partial charge in [-0.05, 0) is 37.7 Å². The van der Waals surface area contributed by atoms with Gasteiger partial charge in [-0.15, -0.1) is 0 Å². The fraction of sp³-hybridized carbons (Fsp3) is 0.500. The summed E-state index contributed by atoms with van der Waals surface area (Å²) in [6, 6.07) is 4.23. The first-order valence-electron chi connectivity index (χ1n) is 6.28. The third kappa shape index (κ3) is 3.46. The van der Waals surface area contributed by atoms with Crippen molar-refractivity contribution >= 4 is 11.8 Å². The largest absolute Gasteiger partial charge is 0.310 e. The molecule has 1 aromatic rings. The van der Waals surface area contributed by atoms with Crippen molar-refractivity contribution in [2.45, 2.75) is 37.1 Å². The van der Waals surface area contributed by atoms with E-state index in [1.54, 1.807) is 6.07 Å². The molecule has 1 aliphatic carbocycles. The molecule has 0 radical (unpaired) electrons. The first-order chi connectivity index (χ1) is 9.13. The monoisotopic (exact) mass is 282 g/mol. The summed E-state index contributed by atoms with van der Waals surface area (Å²) >= 11 is 1.84. The van der Waals surface area contributed by atoms with Gasteiger partial charge >= 0.3 is 0 Å². The van der Waals surface area contributed by atoms with Crippen LogP contribution in [0.1, 0.15) is 30.4 Å². The van der Waals surface area contributed by atoms with Gasteiger partial charge < -0.3 is 5.32 Å².